The van der Waals surface area contributed by atoms with E-state index in [2.05, 4.69) is 20.8 Å². The summed E-state index contributed by atoms with van der Waals surface area (Å²) in [4.78, 5) is 42.3. The molecule has 0 aliphatic heterocycles. The van der Waals surface area contributed by atoms with Crippen molar-refractivity contribution in [2.24, 2.45) is 5.73 Å². The minimum absolute atomic E-state index is 0.00591. The van der Waals surface area contributed by atoms with Crippen LogP contribution >= 0.6 is 7.82 Å². The van der Waals surface area contributed by atoms with Gasteiger partial charge in [0, 0.05) is 26.2 Å². The van der Waals surface area contributed by atoms with Crippen molar-refractivity contribution in [2.75, 3.05) is 0 Å². The van der Waals surface area contributed by atoms with E-state index in [-0.39, 0.29) is 44.1 Å². The van der Waals surface area contributed by atoms with Crippen LogP contribution in [0.25, 0.3) is 10.8 Å². The Morgan fingerprint density at radius 3 is 2.04 bits per heavy atom. The zero-order chi connectivity index (χ0) is 39.3. The highest BCUT2D eigenvalue weighted by Crippen LogP contribution is 2.51. The van der Waals surface area contributed by atoms with Crippen LogP contribution in [-0.2, 0) is 54.1 Å². The summed E-state index contributed by atoms with van der Waals surface area (Å²) in [6.07, 6.45) is 0.487. The topological polar surface area (TPSA) is 185 Å². The molecule has 5 aromatic carbocycles. The highest BCUT2D eigenvalue weighted by atomic mass is 31.2. The average molecular weight is 776 g/mol. The largest absolute Gasteiger partial charge is 0.530 e. The molecule has 0 saturated heterocycles. The normalized spacial score (nSPS) is 12.4. The van der Waals surface area contributed by atoms with Gasteiger partial charge >= 0.3 is 7.82 Å². The van der Waals surface area contributed by atoms with E-state index in [1.165, 1.54) is 6.92 Å². The van der Waals surface area contributed by atoms with Crippen molar-refractivity contribution in [2.45, 2.75) is 57.9 Å². The summed E-state index contributed by atoms with van der Waals surface area (Å²) < 4.78 is 36.7. The van der Waals surface area contributed by atoms with Crippen LogP contribution in [0.4, 0.5) is 0 Å². The first-order valence-electron chi connectivity index (χ1n) is 18.0. The zero-order valence-corrected chi connectivity index (χ0v) is 31.6. The van der Waals surface area contributed by atoms with E-state index in [1.54, 1.807) is 24.3 Å². The number of carbonyl (C=O) groups excluding carboxylic acids is 3. The molecule has 0 fully saturated rings. The minimum Gasteiger partial charge on any atom is -0.404 e. The number of phosphoric acid groups is 1. The van der Waals surface area contributed by atoms with Gasteiger partial charge in [-0.1, -0.05) is 120 Å². The Labute approximate surface area is 324 Å². The molecule has 3 amide bonds. The van der Waals surface area contributed by atoms with E-state index in [0.717, 1.165) is 27.5 Å². The molecule has 0 spiro atoms. The second kappa shape index (κ2) is 18.9. The van der Waals surface area contributed by atoms with Crippen molar-refractivity contribution >= 4 is 36.3 Å². The Bertz CT molecular complexity index is 2230. The van der Waals surface area contributed by atoms with E-state index in [1.807, 2.05) is 103 Å². The summed E-state index contributed by atoms with van der Waals surface area (Å²) >= 11 is 0. The lowest BCUT2D eigenvalue weighted by Gasteiger charge is -2.22. The average Bonchev–Trinajstić information content (AvgIpc) is 3.67. The standard InChI is InChI=1S/C42H42N5O8P/c1-29(48)44-38(41(50)45-37(23-24-39(43)49)42-46-40(47-54-42)26-34-17-10-16-33-15-8-9-18-36(33)34)25-30-19-21-35(22-20-30)55-56(51,52-27-31-11-4-2-5-12-31)53-28-32-13-6-3-7-14-32/h2-22,37-38H,23-28H2,1H3,(H2,43,49)(H,44,48)(H,45,50)/t37-,38-/m0/s1. The third-order valence-electron chi connectivity index (χ3n) is 8.74. The molecular weight excluding hydrogens is 733 g/mol. The van der Waals surface area contributed by atoms with Gasteiger partial charge in [-0.2, -0.15) is 4.98 Å². The van der Waals surface area contributed by atoms with Gasteiger partial charge in [0.25, 0.3) is 0 Å². The van der Waals surface area contributed by atoms with Gasteiger partial charge in [0.15, 0.2) is 5.82 Å². The SMILES string of the molecule is CC(=O)N[C@@H](Cc1ccc(OP(=O)(OCc2ccccc2)OCc2ccccc2)cc1)C(=O)N[C@@H](CCC(N)=O)c1nc(Cc2cccc3ccccc23)no1. The maximum atomic E-state index is 13.8. The molecule has 4 N–H and O–H groups in total. The number of nitrogens with one attached hydrogen (secondary N) is 2. The lowest BCUT2D eigenvalue weighted by atomic mass is 10.0. The van der Waals surface area contributed by atoms with Crippen LogP contribution in [0.2, 0.25) is 0 Å². The highest BCUT2D eigenvalue weighted by Gasteiger charge is 2.30. The first kappa shape index (κ1) is 39.6. The molecule has 1 heterocycles. The van der Waals surface area contributed by atoms with Gasteiger partial charge < -0.3 is 25.4 Å². The molecule has 0 saturated carbocycles. The predicted molar refractivity (Wildman–Crippen MR) is 209 cm³/mol. The zero-order valence-electron chi connectivity index (χ0n) is 30.7. The molecule has 0 aliphatic rings. The monoisotopic (exact) mass is 775 g/mol. The van der Waals surface area contributed by atoms with Gasteiger partial charge in [0.1, 0.15) is 17.8 Å². The van der Waals surface area contributed by atoms with Crippen molar-refractivity contribution in [3.8, 4) is 5.75 Å². The molecular formula is C42H42N5O8P. The Morgan fingerprint density at radius 1 is 0.768 bits per heavy atom. The van der Waals surface area contributed by atoms with E-state index in [9.17, 15) is 18.9 Å². The molecule has 6 rings (SSSR count). The van der Waals surface area contributed by atoms with Gasteiger partial charge in [0.05, 0.1) is 13.2 Å². The van der Waals surface area contributed by atoms with Gasteiger partial charge in [0.2, 0.25) is 23.6 Å². The molecule has 2 atom stereocenters. The molecule has 0 aliphatic carbocycles. The number of hydrogen-bond acceptors (Lipinski definition) is 10. The first-order chi connectivity index (χ1) is 27.1. The third-order valence-corrected chi connectivity index (χ3v) is 10.1. The number of primary amides is 1. The van der Waals surface area contributed by atoms with Crippen LogP contribution in [0.1, 0.15) is 59.8 Å². The second-order valence-corrected chi connectivity index (χ2v) is 14.7. The summed E-state index contributed by atoms with van der Waals surface area (Å²) in [7, 11) is -4.11. The van der Waals surface area contributed by atoms with Gasteiger partial charge in [-0.15, -0.1) is 0 Å². The van der Waals surface area contributed by atoms with Gasteiger partial charge in [-0.3, -0.25) is 23.4 Å². The molecule has 0 bridgehead atoms. The van der Waals surface area contributed by atoms with Crippen LogP contribution < -0.4 is 20.9 Å². The predicted octanol–water partition coefficient (Wildman–Crippen LogP) is 6.90. The van der Waals surface area contributed by atoms with Gasteiger partial charge in [-0.25, -0.2) is 4.57 Å². The van der Waals surface area contributed by atoms with Crippen LogP contribution in [-0.4, -0.2) is 33.9 Å². The number of aromatic nitrogens is 2. The lowest BCUT2D eigenvalue weighted by Crippen LogP contribution is -2.48. The van der Waals surface area contributed by atoms with Crippen molar-refractivity contribution in [1.29, 1.82) is 0 Å². The molecule has 288 valence electrons. The van der Waals surface area contributed by atoms with E-state index in [4.69, 9.17) is 23.8 Å². The number of rotatable bonds is 19. The smallest absolute Gasteiger partial charge is 0.404 e. The fourth-order valence-electron chi connectivity index (χ4n) is 5.97. The van der Waals surface area contributed by atoms with Gasteiger partial charge in [-0.05, 0) is 51.6 Å². The van der Waals surface area contributed by atoms with E-state index >= 15 is 0 Å². The quantitative estimate of drug-likeness (QED) is 0.0731. The van der Waals surface area contributed by atoms with Crippen LogP contribution in [0.15, 0.2) is 132 Å². The molecule has 0 radical (unpaired) electrons. The molecule has 56 heavy (non-hydrogen) atoms. The summed E-state index contributed by atoms with van der Waals surface area (Å²) in [5.41, 5.74) is 8.68. The van der Waals surface area contributed by atoms with Crippen molar-refractivity contribution < 1.29 is 37.0 Å². The number of nitrogens with two attached hydrogens (primary N) is 1. The van der Waals surface area contributed by atoms with Crippen molar-refractivity contribution in [1.82, 2.24) is 20.8 Å². The fraction of sp³-hybridized carbons (Fsp3) is 0.214. The van der Waals surface area contributed by atoms with E-state index in [0.29, 0.717) is 17.8 Å². The maximum absolute atomic E-state index is 13.8. The Hall–Kier alpha value is -6.14. The molecule has 6 aromatic rings. The third kappa shape index (κ3) is 11.4. The Morgan fingerprint density at radius 2 is 1.39 bits per heavy atom. The lowest BCUT2D eigenvalue weighted by molar-refractivity contribution is -0.128. The first-order valence-corrected chi connectivity index (χ1v) is 19.5. The molecule has 1 aromatic heterocycles. The fourth-order valence-corrected chi connectivity index (χ4v) is 7.14. The highest BCUT2D eigenvalue weighted by molar-refractivity contribution is 7.48. The molecule has 13 nitrogen and oxygen atoms in total. The molecule has 14 heteroatoms. The van der Waals surface area contributed by atoms with Crippen LogP contribution in [0.3, 0.4) is 0 Å². The summed E-state index contributed by atoms with van der Waals surface area (Å²) in [6.45, 7) is 1.30. The summed E-state index contributed by atoms with van der Waals surface area (Å²) in [6, 6.07) is 37.0. The Kier molecular flexibility index (Phi) is 13.4. The number of hydrogen-bond donors (Lipinski definition) is 3. The number of amides is 3. The van der Waals surface area contributed by atoms with E-state index < -0.39 is 37.6 Å². The number of carbonyl (C=O) groups is 3. The second-order valence-electron chi connectivity index (χ2n) is 13.1. The number of nitrogens with zero attached hydrogens (tertiary/aromatic N) is 2. The summed E-state index contributed by atoms with van der Waals surface area (Å²) in [5.74, 6) is -0.831. The summed E-state index contributed by atoms with van der Waals surface area (Å²) in [5, 5.41) is 11.8. The van der Waals surface area contributed by atoms with Crippen LogP contribution in [0.5, 0.6) is 5.75 Å². The Balaban J connectivity index is 1.14. The van der Waals surface area contributed by atoms with Crippen molar-refractivity contribution in [3.05, 3.63) is 161 Å². The number of fused-ring (bicyclic) bond motifs is 1. The maximum Gasteiger partial charge on any atom is 0.530 e. The van der Waals surface area contributed by atoms with Crippen LogP contribution in [0, 0.1) is 0 Å². The number of benzene rings is 5. The minimum atomic E-state index is -4.11. The number of phosphoric ester groups is 1. The van der Waals surface area contributed by atoms with Crippen molar-refractivity contribution in [3.63, 3.8) is 0 Å². The molecule has 0 unspecified atom stereocenters.